The average molecular weight is 343 g/mol. The van der Waals surface area contributed by atoms with Gasteiger partial charge in [0.25, 0.3) is 0 Å². The molecule has 25 heavy (non-hydrogen) atoms. The molecule has 1 aromatic carbocycles. The maximum atomic E-state index is 10.6. The summed E-state index contributed by atoms with van der Waals surface area (Å²) in [7, 11) is 3.21. The van der Waals surface area contributed by atoms with Gasteiger partial charge in [0.15, 0.2) is 11.5 Å². The van der Waals surface area contributed by atoms with Gasteiger partial charge in [-0.1, -0.05) is 12.1 Å². The summed E-state index contributed by atoms with van der Waals surface area (Å²) in [5, 5.41) is 10.6. The predicted octanol–water partition coefficient (Wildman–Crippen LogP) is 1.95. The summed E-state index contributed by atoms with van der Waals surface area (Å²) in [5.74, 6) is 2.32. The molecule has 0 aliphatic carbocycles. The molecule has 2 heterocycles. The molecule has 0 bridgehead atoms. The van der Waals surface area contributed by atoms with E-state index < -0.39 is 6.10 Å². The molecular weight excluding hydrogens is 318 g/mol. The number of pyridine rings is 1. The second-order valence-corrected chi connectivity index (χ2v) is 6.11. The van der Waals surface area contributed by atoms with Gasteiger partial charge in [-0.05, 0) is 29.8 Å². The number of aliphatic hydroxyl groups excluding tert-OH is 1. The summed E-state index contributed by atoms with van der Waals surface area (Å²) >= 11 is 0. The lowest BCUT2D eigenvalue weighted by molar-refractivity contribution is 0.109. The van der Waals surface area contributed by atoms with Crippen LogP contribution in [0.1, 0.15) is 11.7 Å². The highest BCUT2D eigenvalue weighted by Crippen LogP contribution is 2.30. The number of aliphatic hydroxyl groups is 1. The molecule has 0 radical (unpaired) electrons. The summed E-state index contributed by atoms with van der Waals surface area (Å²) in [4.78, 5) is 8.96. The van der Waals surface area contributed by atoms with Gasteiger partial charge in [0.05, 0.1) is 20.3 Å². The van der Waals surface area contributed by atoms with Crippen molar-refractivity contribution >= 4 is 5.82 Å². The van der Waals surface area contributed by atoms with Crippen LogP contribution in [0.25, 0.3) is 0 Å². The number of hydrogen-bond acceptors (Lipinski definition) is 6. The molecule has 0 saturated carbocycles. The van der Waals surface area contributed by atoms with Gasteiger partial charge in [0, 0.05) is 38.9 Å². The molecular formula is C19H25N3O3. The Morgan fingerprint density at radius 1 is 1.04 bits per heavy atom. The number of rotatable bonds is 6. The van der Waals surface area contributed by atoms with Crippen LogP contribution in [0.15, 0.2) is 42.6 Å². The van der Waals surface area contributed by atoms with Gasteiger partial charge in [-0.25, -0.2) is 4.98 Å². The Kier molecular flexibility index (Phi) is 5.73. The second-order valence-electron chi connectivity index (χ2n) is 6.11. The number of piperazine rings is 1. The first-order chi connectivity index (χ1) is 12.2. The minimum Gasteiger partial charge on any atom is -0.493 e. The first kappa shape index (κ1) is 17.5. The Morgan fingerprint density at radius 3 is 2.44 bits per heavy atom. The van der Waals surface area contributed by atoms with E-state index in [-0.39, 0.29) is 0 Å². The highest BCUT2D eigenvalue weighted by Gasteiger charge is 2.21. The molecule has 1 saturated heterocycles. The number of methoxy groups -OCH3 is 2. The van der Waals surface area contributed by atoms with Crippen molar-refractivity contribution in [3.63, 3.8) is 0 Å². The van der Waals surface area contributed by atoms with Gasteiger partial charge < -0.3 is 19.5 Å². The molecule has 6 heteroatoms. The van der Waals surface area contributed by atoms with Crippen molar-refractivity contribution in [2.45, 2.75) is 6.10 Å². The van der Waals surface area contributed by atoms with E-state index in [1.807, 2.05) is 42.6 Å². The van der Waals surface area contributed by atoms with Gasteiger partial charge in [-0.15, -0.1) is 0 Å². The number of aromatic nitrogens is 1. The van der Waals surface area contributed by atoms with Crippen molar-refractivity contribution in [1.29, 1.82) is 0 Å². The van der Waals surface area contributed by atoms with Crippen LogP contribution in [0, 0.1) is 0 Å². The molecule has 1 aliphatic heterocycles. The predicted molar refractivity (Wildman–Crippen MR) is 97.4 cm³/mol. The van der Waals surface area contributed by atoms with E-state index >= 15 is 0 Å². The zero-order chi connectivity index (χ0) is 17.6. The first-order valence-corrected chi connectivity index (χ1v) is 8.49. The van der Waals surface area contributed by atoms with Gasteiger partial charge >= 0.3 is 0 Å². The van der Waals surface area contributed by atoms with E-state index in [0.29, 0.717) is 18.0 Å². The van der Waals surface area contributed by atoms with Crippen LogP contribution in [-0.2, 0) is 0 Å². The summed E-state index contributed by atoms with van der Waals surface area (Å²) in [6, 6.07) is 11.5. The fourth-order valence-corrected chi connectivity index (χ4v) is 3.11. The van der Waals surface area contributed by atoms with E-state index in [0.717, 1.165) is 37.6 Å². The molecule has 1 aromatic heterocycles. The Hall–Kier alpha value is -2.31. The Morgan fingerprint density at radius 2 is 1.80 bits per heavy atom. The Labute approximate surface area is 148 Å². The molecule has 0 spiro atoms. The van der Waals surface area contributed by atoms with Crippen molar-refractivity contribution in [2.24, 2.45) is 0 Å². The standard InChI is InChI=1S/C19H25N3O3/c1-24-17-7-6-15(13-18(17)25-2)16(23)14-21-9-11-22(12-10-21)19-5-3-4-8-20-19/h3-8,13,16,23H,9-12,14H2,1-2H3/t16-/m1/s1. The van der Waals surface area contributed by atoms with Crippen molar-refractivity contribution in [2.75, 3.05) is 51.8 Å². The minimum absolute atomic E-state index is 0.554. The van der Waals surface area contributed by atoms with Gasteiger partial charge in [-0.2, -0.15) is 0 Å². The third-order valence-corrected chi connectivity index (χ3v) is 4.57. The Balaban J connectivity index is 1.57. The molecule has 1 N–H and O–H groups in total. The number of hydrogen-bond donors (Lipinski definition) is 1. The number of nitrogens with zero attached hydrogens (tertiary/aromatic N) is 3. The van der Waals surface area contributed by atoms with Crippen LogP contribution in [0.5, 0.6) is 11.5 Å². The van der Waals surface area contributed by atoms with Crippen LogP contribution in [0.3, 0.4) is 0 Å². The molecule has 0 unspecified atom stereocenters. The first-order valence-electron chi connectivity index (χ1n) is 8.49. The fourth-order valence-electron chi connectivity index (χ4n) is 3.11. The second kappa shape index (κ2) is 8.18. The summed E-state index contributed by atoms with van der Waals surface area (Å²) in [5.41, 5.74) is 0.838. The molecule has 134 valence electrons. The van der Waals surface area contributed by atoms with Crippen LogP contribution >= 0.6 is 0 Å². The highest BCUT2D eigenvalue weighted by atomic mass is 16.5. The molecule has 0 amide bonds. The van der Waals surface area contributed by atoms with E-state index in [9.17, 15) is 5.11 Å². The highest BCUT2D eigenvalue weighted by molar-refractivity contribution is 5.43. The Bertz CT molecular complexity index is 673. The number of anilines is 1. The minimum atomic E-state index is -0.554. The fraction of sp³-hybridized carbons (Fsp3) is 0.421. The number of ether oxygens (including phenoxy) is 2. The van der Waals surface area contributed by atoms with Crippen molar-refractivity contribution < 1.29 is 14.6 Å². The van der Waals surface area contributed by atoms with Gasteiger partial charge in [-0.3, -0.25) is 4.90 Å². The number of β-amino-alcohol motifs (C(OH)–C–C–N with tert-alkyl or cyclic N) is 1. The van der Waals surface area contributed by atoms with E-state index in [1.54, 1.807) is 14.2 Å². The third kappa shape index (κ3) is 4.21. The lowest BCUT2D eigenvalue weighted by Crippen LogP contribution is -2.47. The normalized spacial score (nSPS) is 16.5. The zero-order valence-corrected chi connectivity index (χ0v) is 14.8. The topological polar surface area (TPSA) is 58.1 Å². The molecule has 1 atom stereocenters. The lowest BCUT2D eigenvalue weighted by atomic mass is 10.1. The SMILES string of the molecule is COc1ccc([C@H](O)CN2CCN(c3ccccn3)CC2)cc1OC. The molecule has 1 aliphatic rings. The van der Waals surface area contributed by atoms with Crippen LogP contribution in [0.2, 0.25) is 0 Å². The lowest BCUT2D eigenvalue weighted by Gasteiger charge is -2.36. The summed E-state index contributed by atoms with van der Waals surface area (Å²) in [6.07, 6.45) is 1.27. The van der Waals surface area contributed by atoms with E-state index in [2.05, 4.69) is 14.8 Å². The van der Waals surface area contributed by atoms with Gasteiger partial charge in [0.1, 0.15) is 5.82 Å². The van der Waals surface area contributed by atoms with Gasteiger partial charge in [0.2, 0.25) is 0 Å². The smallest absolute Gasteiger partial charge is 0.161 e. The third-order valence-electron chi connectivity index (χ3n) is 4.57. The molecule has 2 aromatic rings. The van der Waals surface area contributed by atoms with Crippen LogP contribution in [-0.4, -0.2) is 61.9 Å². The van der Waals surface area contributed by atoms with Crippen LogP contribution < -0.4 is 14.4 Å². The maximum absolute atomic E-state index is 10.6. The summed E-state index contributed by atoms with van der Waals surface area (Å²) in [6.45, 7) is 4.23. The average Bonchev–Trinajstić information content (AvgIpc) is 2.68. The zero-order valence-electron chi connectivity index (χ0n) is 14.8. The van der Waals surface area contributed by atoms with E-state index in [4.69, 9.17) is 9.47 Å². The number of benzene rings is 1. The maximum Gasteiger partial charge on any atom is 0.161 e. The molecule has 3 rings (SSSR count). The summed E-state index contributed by atoms with van der Waals surface area (Å²) < 4.78 is 10.6. The van der Waals surface area contributed by atoms with E-state index in [1.165, 1.54) is 0 Å². The van der Waals surface area contributed by atoms with Crippen molar-refractivity contribution in [3.8, 4) is 11.5 Å². The monoisotopic (exact) mass is 343 g/mol. The largest absolute Gasteiger partial charge is 0.493 e. The van der Waals surface area contributed by atoms with Crippen LogP contribution in [0.4, 0.5) is 5.82 Å². The van der Waals surface area contributed by atoms with Crippen molar-refractivity contribution in [3.05, 3.63) is 48.2 Å². The molecule has 1 fully saturated rings. The quantitative estimate of drug-likeness (QED) is 0.865. The van der Waals surface area contributed by atoms with Crippen molar-refractivity contribution in [1.82, 2.24) is 9.88 Å². The molecule has 6 nitrogen and oxygen atoms in total.